The van der Waals surface area contributed by atoms with Gasteiger partial charge in [-0.3, -0.25) is 0 Å². The molecule has 290 valence electrons. The van der Waals surface area contributed by atoms with Crippen molar-refractivity contribution in [3.05, 3.63) is 0 Å². The zero-order valence-electron chi connectivity index (χ0n) is 25.0. The third kappa shape index (κ3) is 12.4. The minimum absolute atomic E-state index is 0. The van der Waals surface area contributed by atoms with E-state index in [9.17, 15) is 81.1 Å². The van der Waals surface area contributed by atoms with E-state index in [0.717, 1.165) is 0 Å². The van der Waals surface area contributed by atoms with Crippen molar-refractivity contribution >= 4 is 11.9 Å². The van der Waals surface area contributed by atoms with Crippen LogP contribution in [0.4, 0.5) is 0 Å². The summed E-state index contributed by atoms with van der Waals surface area (Å²) in [6.07, 6.45) is -34.5. The van der Waals surface area contributed by atoms with E-state index < -0.39 is 149 Å². The standard InChI is InChI=1S/2C12H22O12.Fe/c2*13-1-3(15)10(7(18)8(19)11(21)22)24-12-9(20)6(17)5(16)4(2-14)23-12;/h2*3-10,12-20H,1-2H2,(H,21,22);/q;;+2/p-2/t2*3-,4-,5+,6+,7-,8-,9-,10-,12+;/m11./s1. The van der Waals surface area contributed by atoms with Crippen molar-refractivity contribution in [2.75, 3.05) is 26.4 Å². The largest absolute Gasteiger partial charge is 2.00 e. The molecule has 0 aromatic heterocycles. The van der Waals surface area contributed by atoms with E-state index in [1.54, 1.807) is 0 Å². The van der Waals surface area contributed by atoms with Crippen LogP contribution in [0.3, 0.4) is 0 Å². The minimum Gasteiger partial charge on any atom is -0.547 e. The second-order valence-corrected chi connectivity index (χ2v) is 10.6. The van der Waals surface area contributed by atoms with Gasteiger partial charge in [-0.25, -0.2) is 0 Å². The summed E-state index contributed by atoms with van der Waals surface area (Å²) in [4.78, 5) is 21.2. The van der Waals surface area contributed by atoms with Crippen molar-refractivity contribution in [2.24, 2.45) is 0 Å². The number of hydrogen-bond donors (Lipinski definition) is 16. The number of aliphatic hydroxyl groups is 16. The topological polar surface area (TPSA) is 441 Å². The predicted molar refractivity (Wildman–Crippen MR) is 138 cm³/mol. The zero-order chi connectivity index (χ0) is 37.2. The molecule has 0 radical (unpaired) electrons. The molecule has 0 saturated carbocycles. The molecule has 0 amide bonds. The van der Waals surface area contributed by atoms with Crippen LogP contribution >= 0.6 is 0 Å². The first kappa shape index (κ1) is 47.7. The molecule has 2 rings (SSSR count). The van der Waals surface area contributed by atoms with Crippen LogP contribution in [-0.2, 0) is 45.6 Å². The molecule has 0 unspecified atom stereocenters. The molecule has 0 bridgehead atoms. The summed E-state index contributed by atoms with van der Waals surface area (Å²) in [5, 5.41) is 173. The molecule has 18 atom stereocenters. The molecule has 0 aromatic carbocycles. The number of ether oxygens (including phenoxy) is 4. The third-order valence-corrected chi connectivity index (χ3v) is 7.22. The molecule has 2 fully saturated rings. The van der Waals surface area contributed by atoms with Gasteiger partial charge in [-0.05, 0) is 0 Å². The SMILES string of the molecule is O=C([O-])[C@H](O)[C@@H](O)[C@H](O[C@@H]1O[C@H](CO)[C@H](O)[C@H](O)[C@H]1O)[C@H](O)CO.O=C([O-])[C@H](O)[C@@H](O)[C@H](O[C@@H]1O[C@H](CO)[C@H](O)[C@H](O)[C@H]1O)[C@H](O)CO.[Fe+2]. The van der Waals surface area contributed by atoms with Gasteiger partial charge in [0.15, 0.2) is 12.6 Å². The number of rotatable bonds is 16. The van der Waals surface area contributed by atoms with Crippen molar-refractivity contribution in [2.45, 2.75) is 110 Å². The fourth-order valence-electron chi connectivity index (χ4n) is 4.31. The molecular weight excluding hydrogens is 728 g/mol. The van der Waals surface area contributed by atoms with E-state index in [-0.39, 0.29) is 17.1 Å². The molecule has 0 aromatic rings. The number of hydrogen-bond acceptors (Lipinski definition) is 24. The van der Waals surface area contributed by atoms with Gasteiger partial charge in [0, 0.05) is 0 Å². The number of aliphatic carboxylic acids is 2. The van der Waals surface area contributed by atoms with Crippen LogP contribution in [0.2, 0.25) is 0 Å². The van der Waals surface area contributed by atoms with Crippen LogP contribution < -0.4 is 10.2 Å². The normalized spacial score (nSPS) is 35.2. The maximum absolute atomic E-state index is 10.6. The Bertz CT molecular complexity index is 888. The van der Waals surface area contributed by atoms with Crippen LogP contribution in [0, 0.1) is 0 Å². The van der Waals surface area contributed by atoms with E-state index in [1.165, 1.54) is 0 Å². The van der Waals surface area contributed by atoms with Crippen molar-refractivity contribution < 1.29 is 138 Å². The Morgan fingerprint density at radius 3 is 1.06 bits per heavy atom. The molecular formula is C24H42FeO24. The summed E-state index contributed by atoms with van der Waals surface area (Å²) in [6.45, 7) is -3.58. The van der Waals surface area contributed by atoms with E-state index in [4.69, 9.17) is 39.4 Å². The van der Waals surface area contributed by atoms with Crippen molar-refractivity contribution in [3.63, 3.8) is 0 Å². The molecule has 24 nitrogen and oxygen atoms in total. The molecule has 2 aliphatic heterocycles. The van der Waals surface area contributed by atoms with E-state index in [0.29, 0.717) is 0 Å². The summed E-state index contributed by atoms with van der Waals surface area (Å²) >= 11 is 0. The molecule has 2 saturated heterocycles. The van der Waals surface area contributed by atoms with Gasteiger partial charge in [-0.1, -0.05) is 0 Å². The number of carbonyl (C=O) groups excluding carboxylic acids is 2. The summed E-state index contributed by atoms with van der Waals surface area (Å²) in [6, 6.07) is 0. The number of carboxylic acids is 2. The average molecular weight is 770 g/mol. The molecule has 25 heteroatoms. The maximum atomic E-state index is 10.6. The summed E-state index contributed by atoms with van der Waals surface area (Å²) in [5.41, 5.74) is 0. The van der Waals surface area contributed by atoms with Crippen molar-refractivity contribution in [3.8, 4) is 0 Å². The van der Waals surface area contributed by atoms with Crippen LogP contribution in [0.5, 0.6) is 0 Å². The Balaban J connectivity index is 0.000000922. The molecule has 2 aliphatic rings. The third-order valence-electron chi connectivity index (χ3n) is 7.22. The first-order chi connectivity index (χ1) is 22.3. The van der Waals surface area contributed by atoms with E-state index in [2.05, 4.69) is 0 Å². The second kappa shape index (κ2) is 21.9. The minimum atomic E-state index is -2.50. The number of carbonyl (C=O) groups is 2. The van der Waals surface area contributed by atoms with Gasteiger partial charge < -0.3 is 120 Å². The van der Waals surface area contributed by atoms with Gasteiger partial charge >= 0.3 is 17.1 Å². The van der Waals surface area contributed by atoms with Gasteiger partial charge in [-0.2, -0.15) is 0 Å². The first-order valence-electron chi connectivity index (χ1n) is 13.9. The number of carboxylic acid groups (broad SMARTS) is 2. The van der Waals surface area contributed by atoms with E-state index in [1.807, 2.05) is 0 Å². The van der Waals surface area contributed by atoms with Crippen LogP contribution in [-0.4, -0.2) is 230 Å². The molecule has 2 heterocycles. The quantitative estimate of drug-likeness (QED) is 0.0648. The van der Waals surface area contributed by atoms with Gasteiger partial charge in [0.05, 0.1) is 38.4 Å². The second-order valence-electron chi connectivity index (χ2n) is 10.6. The van der Waals surface area contributed by atoms with Gasteiger partial charge in [0.1, 0.15) is 97.7 Å². The van der Waals surface area contributed by atoms with Crippen LogP contribution in [0.25, 0.3) is 0 Å². The van der Waals surface area contributed by atoms with Crippen molar-refractivity contribution in [1.82, 2.24) is 0 Å². The monoisotopic (exact) mass is 770 g/mol. The van der Waals surface area contributed by atoms with E-state index >= 15 is 0 Å². The Kier molecular flexibility index (Phi) is 21.3. The molecule has 16 N–H and O–H groups in total. The Hall–Kier alpha value is -1.34. The Labute approximate surface area is 286 Å². The van der Waals surface area contributed by atoms with Crippen LogP contribution in [0.1, 0.15) is 0 Å². The zero-order valence-corrected chi connectivity index (χ0v) is 26.1. The molecule has 0 aliphatic carbocycles. The fourth-order valence-corrected chi connectivity index (χ4v) is 4.31. The van der Waals surface area contributed by atoms with Crippen molar-refractivity contribution in [1.29, 1.82) is 0 Å². The van der Waals surface area contributed by atoms with Crippen LogP contribution in [0.15, 0.2) is 0 Å². The number of aliphatic hydroxyl groups excluding tert-OH is 16. The maximum Gasteiger partial charge on any atom is 2.00 e. The van der Waals surface area contributed by atoms with Gasteiger partial charge in [0.2, 0.25) is 0 Å². The molecule has 49 heavy (non-hydrogen) atoms. The smallest absolute Gasteiger partial charge is 0.547 e. The average Bonchev–Trinajstić information content (AvgIpc) is 3.07. The van der Waals surface area contributed by atoms with Gasteiger partial charge in [-0.15, -0.1) is 0 Å². The summed E-state index contributed by atoms with van der Waals surface area (Å²) < 4.78 is 19.9. The van der Waals surface area contributed by atoms with Gasteiger partial charge in [0.25, 0.3) is 0 Å². The summed E-state index contributed by atoms with van der Waals surface area (Å²) in [7, 11) is 0. The fraction of sp³-hybridized carbons (Fsp3) is 0.917. The summed E-state index contributed by atoms with van der Waals surface area (Å²) in [5.74, 6) is -4.18. The molecule has 0 spiro atoms. The Morgan fingerprint density at radius 1 is 0.551 bits per heavy atom. The predicted octanol–water partition coefficient (Wildman–Crippen LogP) is -14.0. The Morgan fingerprint density at radius 2 is 0.837 bits per heavy atom. The first-order valence-corrected chi connectivity index (χ1v) is 13.9.